The normalized spacial score (nSPS) is 20.7. The van der Waals surface area contributed by atoms with Gasteiger partial charge in [0.1, 0.15) is 0 Å². The third kappa shape index (κ3) is 5.60. The fraction of sp³-hybridized carbons (Fsp3) is 0.632. The lowest BCUT2D eigenvalue weighted by atomic mass is 9.87. The Bertz CT molecular complexity index is 475. The van der Waals surface area contributed by atoms with Gasteiger partial charge in [0.05, 0.1) is 11.8 Å². The van der Waals surface area contributed by atoms with Gasteiger partial charge in [-0.1, -0.05) is 63.1 Å². The zero-order valence-corrected chi connectivity index (χ0v) is 13.5. The van der Waals surface area contributed by atoms with Gasteiger partial charge in [-0.15, -0.1) is 0 Å². The maximum absolute atomic E-state index is 9.72. The molecule has 0 radical (unpaired) electrons. The number of nitriles is 1. The Labute approximate surface area is 134 Å². The highest BCUT2D eigenvalue weighted by Gasteiger charge is 2.29. The van der Waals surface area contributed by atoms with Crippen molar-refractivity contribution in [3.8, 4) is 6.07 Å². The standard InChI is InChI=1S/C19H27N3/c20-17-19(22-21-18-13-9-8-10-14-18)15-11-6-4-2-1-3-5-7-12-16-19/h8-10,13-14H,1-7,11-12,15-16H2. The largest absolute Gasteiger partial charge is 0.196 e. The van der Waals surface area contributed by atoms with E-state index in [1.807, 2.05) is 30.3 Å². The topological polar surface area (TPSA) is 48.5 Å². The first-order chi connectivity index (χ1) is 10.8. The molecule has 2 rings (SSSR count). The number of azo groups is 1. The fourth-order valence-electron chi connectivity index (χ4n) is 3.08. The van der Waals surface area contributed by atoms with E-state index in [0.29, 0.717) is 0 Å². The molecule has 1 saturated carbocycles. The molecule has 0 aromatic heterocycles. The average molecular weight is 297 g/mol. The van der Waals surface area contributed by atoms with Gasteiger partial charge in [-0.3, -0.25) is 0 Å². The minimum absolute atomic E-state index is 0.616. The molecular weight excluding hydrogens is 270 g/mol. The third-order valence-corrected chi connectivity index (χ3v) is 4.50. The molecule has 0 amide bonds. The molecule has 1 aromatic rings. The van der Waals surface area contributed by atoms with E-state index in [2.05, 4.69) is 16.3 Å². The highest BCUT2D eigenvalue weighted by molar-refractivity contribution is 5.35. The second-order valence-corrected chi connectivity index (χ2v) is 6.36. The summed E-state index contributed by atoms with van der Waals surface area (Å²) in [7, 11) is 0. The Hall–Kier alpha value is -1.69. The van der Waals surface area contributed by atoms with Crippen LogP contribution in [0.25, 0.3) is 0 Å². The van der Waals surface area contributed by atoms with E-state index in [4.69, 9.17) is 0 Å². The Morgan fingerprint density at radius 1 is 0.773 bits per heavy atom. The van der Waals surface area contributed by atoms with Crippen molar-refractivity contribution < 1.29 is 0 Å². The molecule has 0 aliphatic heterocycles. The minimum Gasteiger partial charge on any atom is -0.196 e. The molecule has 1 aliphatic rings. The quantitative estimate of drug-likeness (QED) is 0.588. The van der Waals surface area contributed by atoms with Crippen molar-refractivity contribution in [3.63, 3.8) is 0 Å². The molecule has 1 aromatic carbocycles. The molecule has 3 heteroatoms. The smallest absolute Gasteiger partial charge is 0.167 e. The van der Waals surface area contributed by atoms with Crippen molar-refractivity contribution in [2.45, 2.75) is 76.2 Å². The van der Waals surface area contributed by atoms with Crippen LogP contribution >= 0.6 is 0 Å². The van der Waals surface area contributed by atoms with Crippen LogP contribution in [0, 0.1) is 11.3 Å². The fourth-order valence-corrected chi connectivity index (χ4v) is 3.08. The van der Waals surface area contributed by atoms with Crippen molar-refractivity contribution in [3.05, 3.63) is 30.3 Å². The summed E-state index contributed by atoms with van der Waals surface area (Å²) < 4.78 is 0. The number of benzene rings is 1. The zero-order valence-electron chi connectivity index (χ0n) is 13.5. The van der Waals surface area contributed by atoms with E-state index in [1.165, 1.54) is 44.9 Å². The van der Waals surface area contributed by atoms with Crippen molar-refractivity contribution in [1.82, 2.24) is 0 Å². The summed E-state index contributed by atoms with van der Waals surface area (Å²) in [6.45, 7) is 0. The van der Waals surface area contributed by atoms with Crippen LogP contribution in [0.2, 0.25) is 0 Å². The van der Waals surface area contributed by atoms with E-state index in [9.17, 15) is 5.26 Å². The van der Waals surface area contributed by atoms with Crippen LogP contribution in [-0.4, -0.2) is 5.54 Å². The van der Waals surface area contributed by atoms with Crippen molar-refractivity contribution >= 4 is 5.69 Å². The van der Waals surface area contributed by atoms with E-state index in [1.54, 1.807) is 0 Å². The van der Waals surface area contributed by atoms with E-state index in [0.717, 1.165) is 31.4 Å². The van der Waals surface area contributed by atoms with Crippen LogP contribution in [0.15, 0.2) is 40.6 Å². The summed E-state index contributed by atoms with van der Waals surface area (Å²) in [5, 5.41) is 18.6. The van der Waals surface area contributed by atoms with Crippen LogP contribution in [-0.2, 0) is 0 Å². The Morgan fingerprint density at radius 3 is 1.77 bits per heavy atom. The second-order valence-electron chi connectivity index (χ2n) is 6.36. The summed E-state index contributed by atoms with van der Waals surface area (Å²) in [6, 6.07) is 12.2. The molecule has 0 spiro atoms. The summed E-state index contributed by atoms with van der Waals surface area (Å²) in [6.07, 6.45) is 12.9. The second kappa shape index (κ2) is 9.35. The lowest BCUT2D eigenvalue weighted by Crippen LogP contribution is -2.24. The first-order valence-electron chi connectivity index (χ1n) is 8.74. The van der Waals surface area contributed by atoms with Gasteiger partial charge in [0.2, 0.25) is 0 Å². The first-order valence-corrected chi connectivity index (χ1v) is 8.74. The summed E-state index contributed by atoms with van der Waals surface area (Å²) in [5.74, 6) is 0. The van der Waals surface area contributed by atoms with Gasteiger partial charge in [-0.05, 0) is 37.8 Å². The van der Waals surface area contributed by atoms with Gasteiger partial charge in [-0.25, -0.2) is 0 Å². The molecular formula is C19H27N3. The predicted octanol–water partition coefficient (Wildman–Crippen LogP) is 6.34. The molecule has 0 atom stereocenters. The Balaban J connectivity index is 2.04. The Kier molecular flexibility index (Phi) is 7.09. The van der Waals surface area contributed by atoms with Crippen LogP contribution in [0.3, 0.4) is 0 Å². The lowest BCUT2D eigenvalue weighted by molar-refractivity contribution is 0.393. The van der Waals surface area contributed by atoms with E-state index in [-0.39, 0.29) is 0 Å². The van der Waals surface area contributed by atoms with Crippen molar-refractivity contribution in [1.29, 1.82) is 5.26 Å². The van der Waals surface area contributed by atoms with Gasteiger partial charge >= 0.3 is 0 Å². The van der Waals surface area contributed by atoms with Gasteiger partial charge in [0.15, 0.2) is 5.54 Å². The predicted molar refractivity (Wildman–Crippen MR) is 90.1 cm³/mol. The number of hydrogen-bond acceptors (Lipinski definition) is 3. The van der Waals surface area contributed by atoms with Crippen molar-refractivity contribution in [2.75, 3.05) is 0 Å². The van der Waals surface area contributed by atoms with Crippen molar-refractivity contribution in [2.24, 2.45) is 10.2 Å². The number of hydrogen-bond donors (Lipinski definition) is 0. The summed E-state index contributed by atoms with van der Waals surface area (Å²) >= 11 is 0. The SMILES string of the molecule is N#CC1(N=Nc2ccccc2)CCCCCCCCCCC1. The molecule has 0 heterocycles. The maximum atomic E-state index is 9.72. The summed E-state index contributed by atoms with van der Waals surface area (Å²) in [4.78, 5) is 0. The van der Waals surface area contributed by atoms with Gasteiger partial charge in [-0.2, -0.15) is 15.5 Å². The van der Waals surface area contributed by atoms with Gasteiger partial charge in [0, 0.05) is 0 Å². The Morgan fingerprint density at radius 2 is 1.27 bits per heavy atom. The van der Waals surface area contributed by atoms with E-state index >= 15 is 0 Å². The molecule has 1 aliphatic carbocycles. The van der Waals surface area contributed by atoms with E-state index < -0.39 is 5.54 Å². The zero-order chi connectivity index (χ0) is 15.5. The first kappa shape index (κ1) is 16.7. The number of nitrogens with zero attached hydrogens (tertiary/aromatic N) is 3. The molecule has 0 N–H and O–H groups in total. The monoisotopic (exact) mass is 297 g/mol. The molecule has 22 heavy (non-hydrogen) atoms. The van der Waals surface area contributed by atoms with Crippen LogP contribution in [0.1, 0.15) is 70.6 Å². The molecule has 118 valence electrons. The minimum atomic E-state index is -0.616. The molecule has 0 bridgehead atoms. The number of rotatable bonds is 2. The average Bonchev–Trinajstić information content (AvgIpc) is 2.56. The summed E-state index contributed by atoms with van der Waals surface area (Å²) in [5.41, 5.74) is 0.220. The molecule has 3 nitrogen and oxygen atoms in total. The maximum Gasteiger partial charge on any atom is 0.167 e. The molecule has 0 saturated heterocycles. The highest BCUT2D eigenvalue weighted by Crippen LogP contribution is 2.29. The van der Waals surface area contributed by atoms with Crippen LogP contribution < -0.4 is 0 Å². The molecule has 0 unspecified atom stereocenters. The third-order valence-electron chi connectivity index (χ3n) is 4.50. The van der Waals surface area contributed by atoms with Crippen LogP contribution in [0.4, 0.5) is 5.69 Å². The van der Waals surface area contributed by atoms with Crippen LogP contribution in [0.5, 0.6) is 0 Å². The van der Waals surface area contributed by atoms with Gasteiger partial charge in [0.25, 0.3) is 0 Å². The highest BCUT2D eigenvalue weighted by atomic mass is 15.1. The lowest BCUT2D eigenvalue weighted by Gasteiger charge is -2.21. The molecule has 1 fully saturated rings. The van der Waals surface area contributed by atoms with Gasteiger partial charge < -0.3 is 0 Å².